The second-order valence-corrected chi connectivity index (χ2v) is 6.47. The van der Waals surface area contributed by atoms with Gasteiger partial charge in [-0.05, 0) is 18.2 Å². The molecule has 0 aliphatic heterocycles. The SMILES string of the molecule is CNCc1ccc(CS(=O)(=O)NCCn2ccnn2)cc1. The summed E-state index contributed by atoms with van der Waals surface area (Å²) in [6.45, 7) is 1.52. The number of rotatable bonds is 8. The summed E-state index contributed by atoms with van der Waals surface area (Å²) in [7, 11) is -1.47. The van der Waals surface area contributed by atoms with Crippen molar-refractivity contribution in [2.45, 2.75) is 18.8 Å². The minimum absolute atomic E-state index is 0.0236. The molecule has 1 aromatic heterocycles. The number of sulfonamides is 1. The third kappa shape index (κ3) is 5.25. The van der Waals surface area contributed by atoms with E-state index in [0.717, 1.165) is 17.7 Å². The van der Waals surface area contributed by atoms with Crippen molar-refractivity contribution in [2.75, 3.05) is 13.6 Å². The van der Waals surface area contributed by atoms with Crippen molar-refractivity contribution in [3.05, 3.63) is 47.8 Å². The first-order chi connectivity index (χ1) is 10.1. The molecule has 0 bridgehead atoms. The summed E-state index contributed by atoms with van der Waals surface area (Å²) in [5.74, 6) is -0.0236. The van der Waals surface area contributed by atoms with E-state index in [-0.39, 0.29) is 5.75 Å². The van der Waals surface area contributed by atoms with E-state index in [2.05, 4.69) is 20.4 Å². The van der Waals surface area contributed by atoms with Crippen LogP contribution in [0.1, 0.15) is 11.1 Å². The maximum absolute atomic E-state index is 12.0. The number of benzene rings is 1. The summed E-state index contributed by atoms with van der Waals surface area (Å²) in [6, 6.07) is 7.53. The molecule has 0 fully saturated rings. The van der Waals surface area contributed by atoms with Crippen molar-refractivity contribution < 1.29 is 8.42 Å². The van der Waals surface area contributed by atoms with Gasteiger partial charge in [-0.1, -0.05) is 29.5 Å². The Bertz CT molecular complexity index is 638. The molecule has 1 aromatic carbocycles. The molecule has 1 heterocycles. The van der Waals surface area contributed by atoms with Gasteiger partial charge in [0.25, 0.3) is 0 Å². The van der Waals surface area contributed by atoms with E-state index in [9.17, 15) is 8.42 Å². The Balaban J connectivity index is 1.85. The van der Waals surface area contributed by atoms with E-state index in [4.69, 9.17) is 0 Å². The number of nitrogens with zero attached hydrogens (tertiary/aromatic N) is 3. The first-order valence-electron chi connectivity index (χ1n) is 6.63. The molecular formula is C13H19N5O2S. The van der Waals surface area contributed by atoms with Gasteiger partial charge in [0.15, 0.2) is 0 Å². The van der Waals surface area contributed by atoms with Gasteiger partial charge in [-0.25, -0.2) is 13.1 Å². The Hall–Kier alpha value is -1.77. The predicted octanol–water partition coefficient (Wildman–Crippen LogP) is 0.117. The van der Waals surface area contributed by atoms with Crippen LogP contribution in [0.25, 0.3) is 0 Å². The lowest BCUT2D eigenvalue weighted by Gasteiger charge is -2.07. The van der Waals surface area contributed by atoms with Gasteiger partial charge in [-0.2, -0.15) is 0 Å². The summed E-state index contributed by atoms with van der Waals surface area (Å²) in [6.07, 6.45) is 3.25. The minimum Gasteiger partial charge on any atom is -0.316 e. The first kappa shape index (κ1) is 15.6. The van der Waals surface area contributed by atoms with Crippen molar-refractivity contribution in [2.24, 2.45) is 0 Å². The molecule has 21 heavy (non-hydrogen) atoms. The van der Waals surface area contributed by atoms with Crippen molar-refractivity contribution >= 4 is 10.0 Å². The average Bonchev–Trinajstić information content (AvgIpc) is 2.94. The molecule has 0 aliphatic rings. The van der Waals surface area contributed by atoms with Crippen LogP contribution in [0.4, 0.5) is 0 Å². The van der Waals surface area contributed by atoms with Crippen LogP contribution in [0.15, 0.2) is 36.7 Å². The molecule has 0 atom stereocenters. The van der Waals surface area contributed by atoms with Gasteiger partial charge < -0.3 is 5.32 Å². The van der Waals surface area contributed by atoms with E-state index in [1.165, 1.54) is 0 Å². The first-order valence-corrected chi connectivity index (χ1v) is 8.28. The molecule has 0 radical (unpaired) electrons. The standard InChI is InChI=1S/C13H19N5O2S/c1-14-10-12-2-4-13(5-3-12)11-21(19,20)16-7-9-18-8-6-15-17-18/h2-6,8,14,16H,7,9-11H2,1H3. The highest BCUT2D eigenvalue weighted by molar-refractivity contribution is 7.88. The molecule has 0 spiro atoms. The van der Waals surface area contributed by atoms with E-state index in [1.807, 2.05) is 31.3 Å². The van der Waals surface area contributed by atoms with Crippen LogP contribution in [0.3, 0.4) is 0 Å². The molecule has 114 valence electrons. The third-order valence-electron chi connectivity index (χ3n) is 2.90. The fraction of sp³-hybridized carbons (Fsp3) is 0.385. The summed E-state index contributed by atoms with van der Waals surface area (Å²) >= 11 is 0. The van der Waals surface area contributed by atoms with Crippen molar-refractivity contribution in [3.8, 4) is 0 Å². The third-order valence-corrected chi connectivity index (χ3v) is 4.25. The molecule has 2 N–H and O–H groups in total. The number of nitrogens with one attached hydrogen (secondary N) is 2. The Morgan fingerprint density at radius 1 is 1.19 bits per heavy atom. The molecule has 0 saturated carbocycles. The predicted molar refractivity (Wildman–Crippen MR) is 79.9 cm³/mol. The van der Waals surface area contributed by atoms with Crippen molar-refractivity contribution in [3.63, 3.8) is 0 Å². The van der Waals surface area contributed by atoms with Crippen LogP contribution in [0, 0.1) is 0 Å². The second kappa shape index (κ2) is 7.30. The summed E-state index contributed by atoms with van der Waals surface area (Å²) in [5.41, 5.74) is 1.89. The van der Waals surface area contributed by atoms with Gasteiger partial charge in [0, 0.05) is 19.3 Å². The molecule has 0 saturated heterocycles. The van der Waals surface area contributed by atoms with Crippen LogP contribution in [0.2, 0.25) is 0 Å². The molecule has 2 rings (SSSR count). The lowest BCUT2D eigenvalue weighted by Crippen LogP contribution is -2.28. The molecule has 8 heteroatoms. The van der Waals surface area contributed by atoms with E-state index in [0.29, 0.717) is 13.1 Å². The highest BCUT2D eigenvalue weighted by atomic mass is 32.2. The summed E-state index contributed by atoms with van der Waals surface area (Å²) in [5, 5.41) is 10.5. The minimum atomic E-state index is -3.34. The van der Waals surface area contributed by atoms with Crippen LogP contribution < -0.4 is 10.0 Å². The van der Waals surface area contributed by atoms with Gasteiger partial charge in [-0.3, -0.25) is 4.68 Å². The Kier molecular flexibility index (Phi) is 5.43. The quantitative estimate of drug-likeness (QED) is 0.723. The maximum atomic E-state index is 12.0. The van der Waals surface area contributed by atoms with Crippen molar-refractivity contribution in [1.82, 2.24) is 25.0 Å². The molecule has 7 nitrogen and oxygen atoms in total. The van der Waals surface area contributed by atoms with Gasteiger partial charge in [-0.15, -0.1) is 5.10 Å². The molecule has 2 aromatic rings. The zero-order valence-electron chi connectivity index (χ0n) is 11.9. The fourth-order valence-electron chi connectivity index (χ4n) is 1.90. The Labute approximate surface area is 124 Å². The molecule has 0 unspecified atom stereocenters. The zero-order chi connectivity index (χ0) is 15.1. The van der Waals surface area contributed by atoms with Crippen LogP contribution >= 0.6 is 0 Å². The maximum Gasteiger partial charge on any atom is 0.215 e. The Morgan fingerprint density at radius 3 is 2.52 bits per heavy atom. The number of hydrogen-bond acceptors (Lipinski definition) is 5. The zero-order valence-corrected chi connectivity index (χ0v) is 12.7. The second-order valence-electron chi connectivity index (χ2n) is 4.67. The summed E-state index contributed by atoms with van der Waals surface area (Å²) < 4.78 is 28.1. The van der Waals surface area contributed by atoms with E-state index >= 15 is 0 Å². The lowest BCUT2D eigenvalue weighted by molar-refractivity contribution is 0.552. The highest BCUT2D eigenvalue weighted by Gasteiger charge is 2.11. The number of aromatic nitrogens is 3. The number of hydrogen-bond donors (Lipinski definition) is 2. The van der Waals surface area contributed by atoms with Crippen molar-refractivity contribution in [1.29, 1.82) is 0 Å². The molecule has 0 aliphatic carbocycles. The van der Waals surface area contributed by atoms with Crippen LogP contribution in [-0.4, -0.2) is 37.0 Å². The van der Waals surface area contributed by atoms with Gasteiger partial charge in [0.05, 0.1) is 18.5 Å². The van der Waals surface area contributed by atoms with Gasteiger partial charge in [0.2, 0.25) is 10.0 Å². The van der Waals surface area contributed by atoms with Gasteiger partial charge >= 0.3 is 0 Å². The Morgan fingerprint density at radius 2 is 1.90 bits per heavy atom. The normalized spacial score (nSPS) is 11.7. The molecule has 0 amide bonds. The lowest BCUT2D eigenvalue weighted by atomic mass is 10.1. The monoisotopic (exact) mass is 309 g/mol. The average molecular weight is 309 g/mol. The van der Waals surface area contributed by atoms with Crippen LogP contribution in [0.5, 0.6) is 0 Å². The van der Waals surface area contributed by atoms with Gasteiger partial charge in [0.1, 0.15) is 0 Å². The largest absolute Gasteiger partial charge is 0.316 e. The topological polar surface area (TPSA) is 88.9 Å². The highest BCUT2D eigenvalue weighted by Crippen LogP contribution is 2.07. The summed E-state index contributed by atoms with van der Waals surface area (Å²) in [4.78, 5) is 0. The molecular weight excluding hydrogens is 290 g/mol. The van der Waals surface area contributed by atoms with E-state index in [1.54, 1.807) is 17.1 Å². The van der Waals surface area contributed by atoms with Crippen LogP contribution in [-0.2, 0) is 28.9 Å². The smallest absolute Gasteiger partial charge is 0.215 e. The fourth-order valence-corrected chi connectivity index (χ4v) is 3.03. The van der Waals surface area contributed by atoms with E-state index < -0.39 is 10.0 Å².